The van der Waals surface area contributed by atoms with Crippen LogP contribution in [0, 0.1) is 5.82 Å². The fourth-order valence-electron chi connectivity index (χ4n) is 4.18. The van der Waals surface area contributed by atoms with E-state index >= 15 is 0 Å². The third-order valence-corrected chi connectivity index (χ3v) is 6.37. The highest BCUT2D eigenvalue weighted by molar-refractivity contribution is 6.09. The van der Waals surface area contributed by atoms with Gasteiger partial charge in [-0.05, 0) is 53.9 Å². The Labute approximate surface area is 208 Å². The smallest absolute Gasteiger partial charge is 0.325 e. The first-order chi connectivity index (χ1) is 17.2. The number of rotatable bonds is 8. The standard InChI is InChI=1S/C27H27FN4O4/c1-3-31(16-23(33)29-15-18-8-12-22(28)13-9-18)24(34)17-32-25(35)27(2,30-26(32)36)21-11-10-19-6-4-5-7-20(19)14-21/h4-14H,3,15-17H2,1-2H3,(H,29,33)(H,30,36). The maximum Gasteiger partial charge on any atom is 0.325 e. The average Bonchev–Trinajstić information content (AvgIpc) is 3.10. The third-order valence-electron chi connectivity index (χ3n) is 6.37. The number of carbonyl (C=O) groups is 4. The number of hydrogen-bond acceptors (Lipinski definition) is 4. The third kappa shape index (κ3) is 5.05. The number of carbonyl (C=O) groups excluding carboxylic acids is 4. The minimum Gasteiger partial charge on any atom is -0.350 e. The van der Waals surface area contributed by atoms with Crippen LogP contribution in [-0.4, -0.2) is 53.2 Å². The van der Waals surface area contributed by atoms with Gasteiger partial charge in [0, 0.05) is 13.1 Å². The quantitative estimate of drug-likeness (QED) is 0.475. The van der Waals surface area contributed by atoms with Gasteiger partial charge in [0.15, 0.2) is 0 Å². The molecule has 0 saturated carbocycles. The number of halogens is 1. The van der Waals surface area contributed by atoms with Crippen molar-refractivity contribution in [3.63, 3.8) is 0 Å². The van der Waals surface area contributed by atoms with Gasteiger partial charge in [0.1, 0.15) is 17.9 Å². The summed E-state index contributed by atoms with van der Waals surface area (Å²) in [6.45, 7) is 3.00. The van der Waals surface area contributed by atoms with Crippen LogP contribution in [0.3, 0.4) is 0 Å². The lowest BCUT2D eigenvalue weighted by Gasteiger charge is -2.24. The predicted molar refractivity (Wildman–Crippen MR) is 132 cm³/mol. The molecule has 0 aromatic heterocycles. The molecule has 0 radical (unpaired) electrons. The second-order valence-electron chi connectivity index (χ2n) is 8.82. The summed E-state index contributed by atoms with van der Waals surface area (Å²) in [5.41, 5.74) is 0.0128. The molecule has 2 N–H and O–H groups in total. The second-order valence-corrected chi connectivity index (χ2v) is 8.82. The van der Waals surface area contributed by atoms with Gasteiger partial charge in [-0.1, -0.05) is 48.5 Å². The lowest BCUT2D eigenvalue weighted by molar-refractivity contribution is -0.140. The summed E-state index contributed by atoms with van der Waals surface area (Å²) >= 11 is 0. The van der Waals surface area contributed by atoms with Gasteiger partial charge < -0.3 is 15.5 Å². The zero-order chi connectivity index (χ0) is 25.9. The zero-order valence-corrected chi connectivity index (χ0v) is 20.1. The number of nitrogens with zero attached hydrogens (tertiary/aromatic N) is 2. The number of nitrogens with one attached hydrogen (secondary N) is 2. The Morgan fingerprint density at radius 3 is 2.42 bits per heavy atom. The fourth-order valence-corrected chi connectivity index (χ4v) is 4.18. The molecule has 36 heavy (non-hydrogen) atoms. The van der Waals surface area contributed by atoms with E-state index in [1.807, 2.05) is 36.4 Å². The van der Waals surface area contributed by atoms with Gasteiger partial charge in [0.05, 0.1) is 6.54 Å². The van der Waals surface area contributed by atoms with E-state index in [1.54, 1.807) is 32.0 Å². The van der Waals surface area contributed by atoms with Crippen molar-refractivity contribution in [3.05, 3.63) is 83.7 Å². The first-order valence-corrected chi connectivity index (χ1v) is 11.6. The summed E-state index contributed by atoms with van der Waals surface area (Å²) < 4.78 is 13.0. The van der Waals surface area contributed by atoms with Crippen molar-refractivity contribution in [2.24, 2.45) is 0 Å². The molecule has 3 aromatic rings. The first kappa shape index (κ1) is 24.8. The molecule has 1 saturated heterocycles. The predicted octanol–water partition coefficient (Wildman–Crippen LogP) is 2.91. The van der Waals surface area contributed by atoms with Gasteiger partial charge in [-0.3, -0.25) is 19.3 Å². The Balaban J connectivity index is 1.40. The van der Waals surface area contributed by atoms with E-state index in [1.165, 1.54) is 17.0 Å². The number of amides is 5. The molecule has 0 aliphatic carbocycles. The molecule has 1 aliphatic heterocycles. The van der Waals surface area contributed by atoms with E-state index in [2.05, 4.69) is 10.6 Å². The number of imide groups is 1. The second kappa shape index (κ2) is 10.2. The van der Waals surface area contributed by atoms with E-state index in [0.29, 0.717) is 11.1 Å². The molecule has 1 unspecified atom stereocenters. The number of hydrogen-bond donors (Lipinski definition) is 2. The number of likely N-dealkylation sites (N-methyl/N-ethyl adjacent to an activating group) is 1. The van der Waals surface area contributed by atoms with Crippen molar-refractivity contribution < 1.29 is 23.6 Å². The molecule has 4 rings (SSSR count). The van der Waals surface area contributed by atoms with Crippen molar-refractivity contribution >= 4 is 34.5 Å². The van der Waals surface area contributed by atoms with Gasteiger partial charge in [-0.2, -0.15) is 0 Å². The Kier molecular flexibility index (Phi) is 7.00. The fraction of sp³-hybridized carbons (Fsp3) is 0.259. The van der Waals surface area contributed by atoms with Crippen LogP contribution in [0.4, 0.5) is 9.18 Å². The van der Waals surface area contributed by atoms with E-state index < -0.39 is 35.8 Å². The Morgan fingerprint density at radius 2 is 1.72 bits per heavy atom. The van der Waals surface area contributed by atoms with Crippen LogP contribution in [0.25, 0.3) is 10.8 Å². The number of fused-ring (bicyclic) bond motifs is 1. The molecule has 1 atom stereocenters. The van der Waals surface area contributed by atoms with E-state index in [4.69, 9.17) is 0 Å². The summed E-state index contributed by atoms with van der Waals surface area (Å²) in [5.74, 6) is -1.84. The van der Waals surface area contributed by atoms with Crippen LogP contribution in [-0.2, 0) is 26.5 Å². The summed E-state index contributed by atoms with van der Waals surface area (Å²) in [4.78, 5) is 53.5. The van der Waals surface area contributed by atoms with Crippen LogP contribution in [0.5, 0.6) is 0 Å². The van der Waals surface area contributed by atoms with Crippen LogP contribution in [0.15, 0.2) is 66.7 Å². The highest BCUT2D eigenvalue weighted by Gasteiger charge is 2.49. The first-order valence-electron chi connectivity index (χ1n) is 11.6. The van der Waals surface area contributed by atoms with Crippen LogP contribution in [0.1, 0.15) is 25.0 Å². The molecule has 0 bridgehead atoms. The van der Waals surface area contributed by atoms with Crippen molar-refractivity contribution in [1.82, 2.24) is 20.4 Å². The van der Waals surface area contributed by atoms with Gasteiger partial charge in [-0.15, -0.1) is 0 Å². The summed E-state index contributed by atoms with van der Waals surface area (Å²) in [6.07, 6.45) is 0. The molecular weight excluding hydrogens is 463 g/mol. The molecule has 186 valence electrons. The largest absolute Gasteiger partial charge is 0.350 e. The molecular formula is C27H27FN4O4. The normalized spacial score (nSPS) is 17.2. The average molecular weight is 491 g/mol. The molecule has 1 heterocycles. The van der Waals surface area contributed by atoms with Crippen molar-refractivity contribution in [3.8, 4) is 0 Å². The van der Waals surface area contributed by atoms with E-state index in [9.17, 15) is 23.6 Å². The summed E-state index contributed by atoms with van der Waals surface area (Å²) in [7, 11) is 0. The lowest BCUT2D eigenvalue weighted by atomic mass is 9.90. The number of urea groups is 1. The highest BCUT2D eigenvalue weighted by Crippen LogP contribution is 2.31. The van der Waals surface area contributed by atoms with Gasteiger partial charge in [0.25, 0.3) is 5.91 Å². The molecule has 8 nitrogen and oxygen atoms in total. The SMILES string of the molecule is CCN(CC(=O)NCc1ccc(F)cc1)C(=O)CN1C(=O)NC(C)(c2ccc3ccccc3c2)C1=O. The van der Waals surface area contributed by atoms with Crippen molar-refractivity contribution in [1.29, 1.82) is 0 Å². The Bertz CT molecular complexity index is 1330. The molecule has 5 amide bonds. The Hall–Kier alpha value is -4.27. The van der Waals surface area contributed by atoms with Gasteiger partial charge in [0.2, 0.25) is 11.8 Å². The molecule has 0 spiro atoms. The monoisotopic (exact) mass is 490 g/mol. The zero-order valence-electron chi connectivity index (χ0n) is 20.1. The maximum absolute atomic E-state index is 13.3. The maximum atomic E-state index is 13.3. The minimum absolute atomic E-state index is 0.183. The summed E-state index contributed by atoms with van der Waals surface area (Å²) in [5, 5.41) is 7.33. The van der Waals surface area contributed by atoms with Crippen molar-refractivity contribution in [2.75, 3.05) is 19.6 Å². The number of benzene rings is 3. The highest BCUT2D eigenvalue weighted by atomic mass is 19.1. The molecule has 3 aromatic carbocycles. The van der Waals surface area contributed by atoms with Gasteiger partial charge in [-0.25, -0.2) is 9.18 Å². The van der Waals surface area contributed by atoms with E-state index in [0.717, 1.165) is 15.7 Å². The topological polar surface area (TPSA) is 98.8 Å². The van der Waals surface area contributed by atoms with Crippen LogP contribution >= 0.6 is 0 Å². The van der Waals surface area contributed by atoms with E-state index in [-0.39, 0.29) is 25.5 Å². The molecule has 1 aliphatic rings. The van der Waals surface area contributed by atoms with Crippen LogP contribution < -0.4 is 10.6 Å². The molecule has 1 fully saturated rings. The lowest BCUT2D eigenvalue weighted by Crippen LogP contribution is -2.47. The van der Waals surface area contributed by atoms with Crippen LogP contribution in [0.2, 0.25) is 0 Å². The van der Waals surface area contributed by atoms with Crippen molar-refractivity contribution in [2.45, 2.75) is 25.9 Å². The molecule has 9 heteroatoms. The minimum atomic E-state index is -1.31. The summed E-state index contributed by atoms with van der Waals surface area (Å²) in [6, 6.07) is 18.3. The Morgan fingerprint density at radius 1 is 1.03 bits per heavy atom. The van der Waals surface area contributed by atoms with Gasteiger partial charge >= 0.3 is 6.03 Å².